The van der Waals surface area contributed by atoms with Crippen LogP contribution in [0.2, 0.25) is 0 Å². The van der Waals surface area contributed by atoms with Crippen LogP contribution in [0.3, 0.4) is 0 Å². The average molecular weight is 781 g/mol. The smallest absolute Gasteiger partial charge is 0.330 e. The average Bonchev–Trinajstić information content (AvgIpc) is 3.06. The zero-order chi connectivity index (χ0) is 41.1. The Morgan fingerprint density at radius 3 is 2.20 bits per heavy atom. The number of hydrogen-bond acceptors (Lipinski definition) is 15. The maximum absolute atomic E-state index is 13.3. The molecule has 0 radical (unpaired) electrons. The van der Waals surface area contributed by atoms with E-state index in [4.69, 9.17) is 33.2 Å². The summed E-state index contributed by atoms with van der Waals surface area (Å²) in [5.41, 5.74) is -1.30. The SMILES string of the molecule is C/C=C1/C[C@H]2C[C@@]3(O)O[C@H](C[C@@H](O)CC(=O)O[C@@H]([C@@H](C)O)C[C@@H]4C/C(=C\C(=O)OC)[C@H](OC(C)=O)[C@@](O)(O4)C(C)(C)/C=C/[C@@H](C1)O2)C[C@H](OC(C)=O)C3(C)C. The van der Waals surface area contributed by atoms with Gasteiger partial charge in [0.15, 0.2) is 11.9 Å². The van der Waals surface area contributed by atoms with Gasteiger partial charge in [-0.15, -0.1) is 0 Å². The molecule has 310 valence electrons. The fourth-order valence-electron chi connectivity index (χ4n) is 8.00. The number of cyclic esters (lactones) is 1. The van der Waals surface area contributed by atoms with Crippen molar-refractivity contribution >= 4 is 23.9 Å². The number of rotatable bonds is 4. The summed E-state index contributed by atoms with van der Waals surface area (Å²) >= 11 is 0. The van der Waals surface area contributed by atoms with Crippen molar-refractivity contribution in [2.75, 3.05) is 7.11 Å². The van der Waals surface area contributed by atoms with Gasteiger partial charge in [0, 0.05) is 51.0 Å². The number of esters is 4. The van der Waals surface area contributed by atoms with E-state index in [-0.39, 0.29) is 37.7 Å². The summed E-state index contributed by atoms with van der Waals surface area (Å²) in [6, 6.07) is 0. The van der Waals surface area contributed by atoms with Gasteiger partial charge in [0.1, 0.15) is 12.2 Å². The second-order valence-corrected chi connectivity index (χ2v) is 16.5. The van der Waals surface area contributed by atoms with E-state index in [1.54, 1.807) is 39.8 Å². The normalized spacial score (nSPS) is 39.5. The van der Waals surface area contributed by atoms with Gasteiger partial charge in [0.05, 0.1) is 55.6 Å². The lowest BCUT2D eigenvalue weighted by molar-refractivity contribution is -0.348. The van der Waals surface area contributed by atoms with Crippen LogP contribution < -0.4 is 0 Å². The van der Waals surface area contributed by atoms with Crippen LogP contribution in [0.5, 0.6) is 0 Å². The van der Waals surface area contributed by atoms with Gasteiger partial charge in [-0.25, -0.2) is 4.79 Å². The monoisotopic (exact) mass is 780 g/mol. The molecule has 3 saturated heterocycles. The van der Waals surface area contributed by atoms with Crippen molar-refractivity contribution < 1.29 is 72.8 Å². The number of allylic oxidation sites excluding steroid dienone is 1. The lowest BCUT2D eigenvalue weighted by Gasteiger charge is -2.53. The highest BCUT2D eigenvalue weighted by Gasteiger charge is 2.59. The quantitative estimate of drug-likeness (QED) is 0.140. The van der Waals surface area contributed by atoms with Crippen LogP contribution in [0.1, 0.15) is 107 Å². The minimum absolute atomic E-state index is 0.0432. The molecule has 4 heterocycles. The van der Waals surface area contributed by atoms with Crippen molar-refractivity contribution in [2.45, 2.75) is 173 Å². The Kier molecular flexibility index (Phi) is 14.2. The molecule has 0 unspecified atom stereocenters. The molecule has 4 rings (SSSR count). The molecule has 0 amide bonds. The summed E-state index contributed by atoms with van der Waals surface area (Å²) in [4.78, 5) is 50.5. The van der Waals surface area contributed by atoms with Gasteiger partial charge < -0.3 is 53.6 Å². The van der Waals surface area contributed by atoms with E-state index in [0.29, 0.717) is 12.8 Å². The van der Waals surface area contributed by atoms with E-state index in [0.717, 1.165) is 18.6 Å². The molecule has 0 aromatic heterocycles. The Morgan fingerprint density at radius 2 is 1.60 bits per heavy atom. The van der Waals surface area contributed by atoms with E-state index < -0.39 is 108 Å². The van der Waals surface area contributed by atoms with Crippen molar-refractivity contribution in [1.82, 2.24) is 0 Å². The Balaban J connectivity index is 1.84. The Morgan fingerprint density at radius 1 is 0.927 bits per heavy atom. The largest absolute Gasteiger partial charge is 0.466 e. The lowest BCUT2D eigenvalue weighted by Crippen LogP contribution is -2.62. The molecular formula is C40H60O15. The molecule has 0 saturated carbocycles. The standard InChI is InChI=1S/C40H60O15/c1-10-25-13-28-11-12-37(5,6)40(48)36(51-24(4)43)26(16-34(45)49-9)15-29(55-40)19-32(22(2)41)53-35(46)18-27(44)17-30-20-33(50-23(3)42)38(7,8)39(47,54-30)21-31(14-25)52-28/h10-12,16,22,27-33,36,41,44,47-48H,13-15,17-21H2,1-9H3/b12-11+,25-10+,26-16+/t22-,27-,28+,29+,30-,31+,32-,33+,36+,39-,40-/m1/s1. The maximum Gasteiger partial charge on any atom is 0.330 e. The summed E-state index contributed by atoms with van der Waals surface area (Å²) in [6.45, 7) is 12.5. The van der Waals surface area contributed by atoms with Crippen LogP contribution in [0.15, 0.2) is 35.5 Å². The highest BCUT2D eigenvalue weighted by molar-refractivity contribution is 5.83. The first kappa shape index (κ1) is 44.5. The minimum Gasteiger partial charge on any atom is -0.466 e. The van der Waals surface area contributed by atoms with Crippen LogP contribution in [-0.2, 0) is 52.3 Å². The summed E-state index contributed by atoms with van der Waals surface area (Å²) < 4.78 is 41.2. The van der Waals surface area contributed by atoms with Crippen molar-refractivity contribution in [1.29, 1.82) is 0 Å². The number of aliphatic hydroxyl groups is 4. The van der Waals surface area contributed by atoms with Gasteiger partial charge in [-0.3, -0.25) is 14.4 Å². The Labute approximate surface area is 322 Å². The zero-order valence-corrected chi connectivity index (χ0v) is 33.4. The van der Waals surface area contributed by atoms with Crippen molar-refractivity contribution in [3.63, 3.8) is 0 Å². The topological polar surface area (TPSA) is 214 Å². The van der Waals surface area contributed by atoms with Crippen LogP contribution in [0.4, 0.5) is 0 Å². The lowest BCUT2D eigenvalue weighted by atomic mass is 9.70. The van der Waals surface area contributed by atoms with Crippen LogP contribution in [-0.4, -0.2) is 118 Å². The summed E-state index contributed by atoms with van der Waals surface area (Å²) in [5.74, 6) is -7.16. The second-order valence-electron chi connectivity index (χ2n) is 16.5. The van der Waals surface area contributed by atoms with Crippen molar-refractivity contribution in [3.8, 4) is 0 Å². The van der Waals surface area contributed by atoms with Crippen LogP contribution in [0.25, 0.3) is 0 Å². The highest BCUT2D eigenvalue weighted by Crippen LogP contribution is 2.50. The zero-order valence-electron chi connectivity index (χ0n) is 33.4. The molecule has 0 aliphatic carbocycles. The van der Waals surface area contributed by atoms with Crippen molar-refractivity contribution in [2.24, 2.45) is 10.8 Å². The number of aliphatic hydroxyl groups excluding tert-OH is 2. The molecule has 15 heteroatoms. The van der Waals surface area contributed by atoms with E-state index in [1.165, 1.54) is 21.0 Å². The fraction of sp³-hybridized carbons (Fsp3) is 0.750. The maximum atomic E-state index is 13.3. The van der Waals surface area contributed by atoms with Crippen molar-refractivity contribution in [3.05, 3.63) is 35.5 Å². The number of methoxy groups -OCH3 is 1. The summed E-state index contributed by atoms with van der Waals surface area (Å²) in [5, 5.41) is 46.8. The molecule has 4 N–H and O–H groups in total. The molecule has 0 spiro atoms. The van der Waals surface area contributed by atoms with Gasteiger partial charge in [0.25, 0.3) is 0 Å². The van der Waals surface area contributed by atoms with Gasteiger partial charge in [0.2, 0.25) is 5.79 Å². The molecule has 11 atom stereocenters. The molecule has 3 fully saturated rings. The van der Waals surface area contributed by atoms with E-state index in [9.17, 15) is 39.6 Å². The number of hydrogen-bond donors (Lipinski definition) is 4. The van der Waals surface area contributed by atoms with E-state index in [1.807, 2.05) is 13.0 Å². The predicted octanol–water partition coefficient (Wildman–Crippen LogP) is 3.23. The molecule has 0 aromatic carbocycles. The predicted molar refractivity (Wildman–Crippen MR) is 194 cm³/mol. The van der Waals surface area contributed by atoms with Gasteiger partial charge in [-0.2, -0.15) is 0 Å². The first-order valence-electron chi connectivity index (χ1n) is 19.0. The third-order valence-corrected chi connectivity index (χ3v) is 11.4. The third-order valence-electron chi connectivity index (χ3n) is 11.4. The molecule has 4 aliphatic heterocycles. The molecule has 15 nitrogen and oxygen atoms in total. The number of carbonyl (C=O) groups is 4. The fourth-order valence-corrected chi connectivity index (χ4v) is 8.00. The van der Waals surface area contributed by atoms with Gasteiger partial charge in [-0.05, 0) is 38.7 Å². The molecule has 6 bridgehead atoms. The van der Waals surface area contributed by atoms with E-state index in [2.05, 4.69) is 0 Å². The minimum atomic E-state index is -2.32. The molecule has 0 aromatic rings. The first-order valence-corrected chi connectivity index (χ1v) is 19.0. The molecular weight excluding hydrogens is 720 g/mol. The number of ether oxygens (including phenoxy) is 7. The third kappa shape index (κ3) is 10.4. The van der Waals surface area contributed by atoms with Gasteiger partial charge >= 0.3 is 23.9 Å². The summed E-state index contributed by atoms with van der Waals surface area (Å²) in [7, 11) is 1.18. The number of fused-ring (bicyclic) bond motifs is 6. The second kappa shape index (κ2) is 17.5. The summed E-state index contributed by atoms with van der Waals surface area (Å²) in [6.07, 6.45) is -2.30. The van der Waals surface area contributed by atoms with E-state index >= 15 is 0 Å². The highest BCUT2D eigenvalue weighted by atomic mass is 16.7. The molecule has 55 heavy (non-hydrogen) atoms. The van der Waals surface area contributed by atoms with Crippen LogP contribution >= 0.6 is 0 Å². The number of carbonyl (C=O) groups excluding carboxylic acids is 4. The Hall–Kier alpha value is -3.18. The van der Waals surface area contributed by atoms with Crippen LogP contribution in [0, 0.1) is 10.8 Å². The molecule has 4 aliphatic rings. The first-order chi connectivity index (χ1) is 25.5. The van der Waals surface area contributed by atoms with Gasteiger partial charge in [-0.1, -0.05) is 51.5 Å². The Bertz CT molecular complexity index is 1510.